The van der Waals surface area contributed by atoms with Gasteiger partial charge in [-0.05, 0) is 69.2 Å². The highest BCUT2D eigenvalue weighted by Gasteiger charge is 2.22. The standard InChI is InChI=1S/C21H33N3O/c1-2-22-21(25)24-14-10-19(11-15-24)16-18-6-8-20(9-7-18)17-23-12-4-3-5-13-23/h6-9,19H,2-5,10-17H2,1H3,(H,22,25). The average Bonchev–Trinajstić information content (AvgIpc) is 2.65. The van der Waals surface area contributed by atoms with E-state index in [0.717, 1.165) is 38.9 Å². The molecule has 4 nitrogen and oxygen atoms in total. The fourth-order valence-electron chi connectivity index (χ4n) is 4.09. The smallest absolute Gasteiger partial charge is 0.317 e. The molecule has 4 heteroatoms. The van der Waals surface area contributed by atoms with Gasteiger partial charge in [0.25, 0.3) is 0 Å². The second-order valence-electron chi connectivity index (χ2n) is 7.62. The Bertz CT molecular complexity index is 529. The molecule has 0 aromatic heterocycles. The first-order valence-electron chi connectivity index (χ1n) is 10.1. The fraction of sp³-hybridized carbons (Fsp3) is 0.667. The van der Waals surface area contributed by atoms with Crippen LogP contribution in [0.25, 0.3) is 0 Å². The SMILES string of the molecule is CCNC(=O)N1CCC(Cc2ccc(CN3CCCCC3)cc2)CC1. The zero-order valence-electron chi connectivity index (χ0n) is 15.7. The second kappa shape index (κ2) is 9.23. The van der Waals surface area contributed by atoms with Crippen LogP contribution in [0.15, 0.2) is 24.3 Å². The summed E-state index contributed by atoms with van der Waals surface area (Å²) in [5.74, 6) is 0.707. The molecule has 0 unspecified atom stereocenters. The summed E-state index contributed by atoms with van der Waals surface area (Å²) in [5.41, 5.74) is 2.88. The number of piperidine rings is 2. The van der Waals surface area contributed by atoms with Crippen molar-refractivity contribution in [2.45, 2.75) is 52.0 Å². The van der Waals surface area contributed by atoms with Crippen LogP contribution < -0.4 is 5.32 Å². The van der Waals surface area contributed by atoms with Crippen LogP contribution in [0.5, 0.6) is 0 Å². The van der Waals surface area contributed by atoms with Gasteiger partial charge in [0.2, 0.25) is 0 Å². The third kappa shape index (κ3) is 5.46. The number of hydrogen-bond donors (Lipinski definition) is 1. The quantitative estimate of drug-likeness (QED) is 0.886. The number of nitrogens with one attached hydrogen (secondary N) is 1. The lowest BCUT2D eigenvalue weighted by molar-refractivity contribution is 0.171. The minimum absolute atomic E-state index is 0.100. The Labute approximate surface area is 152 Å². The topological polar surface area (TPSA) is 35.6 Å². The van der Waals surface area contributed by atoms with Gasteiger partial charge < -0.3 is 10.2 Å². The third-order valence-electron chi connectivity index (χ3n) is 5.63. The van der Waals surface area contributed by atoms with E-state index in [2.05, 4.69) is 34.5 Å². The summed E-state index contributed by atoms with van der Waals surface area (Å²) >= 11 is 0. The van der Waals surface area contributed by atoms with Gasteiger partial charge in [-0.1, -0.05) is 30.7 Å². The van der Waals surface area contributed by atoms with Gasteiger partial charge in [0, 0.05) is 26.2 Å². The number of hydrogen-bond acceptors (Lipinski definition) is 2. The maximum absolute atomic E-state index is 11.9. The van der Waals surface area contributed by atoms with Gasteiger partial charge in [0.05, 0.1) is 0 Å². The monoisotopic (exact) mass is 343 g/mol. The molecule has 1 aromatic carbocycles. The molecule has 138 valence electrons. The minimum atomic E-state index is 0.100. The van der Waals surface area contributed by atoms with E-state index < -0.39 is 0 Å². The first-order chi connectivity index (χ1) is 12.2. The highest BCUT2D eigenvalue weighted by atomic mass is 16.2. The molecule has 25 heavy (non-hydrogen) atoms. The molecule has 0 radical (unpaired) electrons. The summed E-state index contributed by atoms with van der Waals surface area (Å²) < 4.78 is 0. The van der Waals surface area contributed by atoms with Crippen molar-refractivity contribution in [2.24, 2.45) is 5.92 Å². The molecular weight excluding hydrogens is 310 g/mol. The minimum Gasteiger partial charge on any atom is -0.338 e. The summed E-state index contributed by atoms with van der Waals surface area (Å²) in [6, 6.07) is 9.36. The molecule has 0 aliphatic carbocycles. The van der Waals surface area contributed by atoms with Gasteiger partial charge in [0.1, 0.15) is 0 Å². The predicted octanol–water partition coefficient (Wildman–Crippen LogP) is 3.66. The van der Waals surface area contributed by atoms with Gasteiger partial charge >= 0.3 is 6.03 Å². The van der Waals surface area contributed by atoms with E-state index >= 15 is 0 Å². The van der Waals surface area contributed by atoms with E-state index in [1.54, 1.807) is 0 Å². The second-order valence-corrected chi connectivity index (χ2v) is 7.62. The van der Waals surface area contributed by atoms with Crippen LogP contribution in [0, 0.1) is 5.92 Å². The van der Waals surface area contributed by atoms with Gasteiger partial charge in [-0.2, -0.15) is 0 Å². The van der Waals surface area contributed by atoms with Crippen LogP contribution in [0.3, 0.4) is 0 Å². The first-order valence-corrected chi connectivity index (χ1v) is 10.1. The lowest BCUT2D eigenvalue weighted by Crippen LogP contribution is -2.44. The maximum Gasteiger partial charge on any atom is 0.317 e. The molecule has 0 bridgehead atoms. The molecule has 2 heterocycles. The summed E-state index contributed by atoms with van der Waals surface area (Å²) in [7, 11) is 0. The highest BCUT2D eigenvalue weighted by molar-refractivity contribution is 5.74. The van der Waals surface area contributed by atoms with Gasteiger partial charge in [-0.25, -0.2) is 4.79 Å². The van der Waals surface area contributed by atoms with E-state index in [0.29, 0.717) is 12.5 Å². The van der Waals surface area contributed by atoms with Crippen molar-refractivity contribution >= 4 is 6.03 Å². The van der Waals surface area contributed by atoms with Crippen molar-refractivity contribution < 1.29 is 4.79 Å². The largest absolute Gasteiger partial charge is 0.338 e. The predicted molar refractivity (Wildman–Crippen MR) is 103 cm³/mol. The summed E-state index contributed by atoms with van der Waals surface area (Å²) in [4.78, 5) is 16.4. The molecule has 2 aliphatic rings. The first kappa shape index (κ1) is 18.2. The maximum atomic E-state index is 11.9. The summed E-state index contributed by atoms with van der Waals surface area (Å²) in [5, 5.41) is 2.90. The van der Waals surface area contributed by atoms with Crippen molar-refractivity contribution in [2.75, 3.05) is 32.7 Å². The number of rotatable bonds is 5. The Balaban J connectivity index is 1.43. The number of urea groups is 1. The van der Waals surface area contributed by atoms with Crippen molar-refractivity contribution in [3.8, 4) is 0 Å². The average molecular weight is 344 g/mol. The van der Waals surface area contributed by atoms with Crippen LogP contribution in [0.4, 0.5) is 4.79 Å². The van der Waals surface area contributed by atoms with Gasteiger partial charge in [-0.3, -0.25) is 4.90 Å². The lowest BCUT2D eigenvalue weighted by atomic mass is 9.90. The van der Waals surface area contributed by atoms with Gasteiger partial charge in [-0.15, -0.1) is 0 Å². The van der Waals surface area contributed by atoms with E-state index in [1.807, 2.05) is 11.8 Å². The summed E-state index contributed by atoms with van der Waals surface area (Å²) in [6.07, 6.45) is 7.49. The van der Waals surface area contributed by atoms with E-state index in [1.165, 1.54) is 43.5 Å². The van der Waals surface area contributed by atoms with Crippen LogP contribution >= 0.6 is 0 Å². The number of likely N-dealkylation sites (tertiary alicyclic amines) is 2. The molecule has 3 rings (SSSR count). The number of amides is 2. The normalized spacial score (nSPS) is 19.8. The van der Waals surface area contributed by atoms with E-state index in [9.17, 15) is 4.79 Å². The number of carbonyl (C=O) groups excluding carboxylic acids is 1. The molecule has 1 aromatic rings. The van der Waals surface area contributed by atoms with Crippen molar-refractivity contribution in [1.29, 1.82) is 0 Å². The van der Waals surface area contributed by atoms with E-state index in [-0.39, 0.29) is 6.03 Å². The molecule has 2 amide bonds. The Morgan fingerprint density at radius 2 is 1.64 bits per heavy atom. The molecule has 2 aliphatic heterocycles. The van der Waals surface area contributed by atoms with Crippen molar-refractivity contribution in [3.63, 3.8) is 0 Å². The molecule has 2 saturated heterocycles. The van der Waals surface area contributed by atoms with Gasteiger partial charge in [0.15, 0.2) is 0 Å². The molecular formula is C21H33N3O. The molecule has 0 spiro atoms. The zero-order chi connectivity index (χ0) is 17.5. The Morgan fingerprint density at radius 1 is 1.00 bits per heavy atom. The van der Waals surface area contributed by atoms with Crippen LogP contribution in [0.1, 0.15) is 50.2 Å². The zero-order valence-corrected chi connectivity index (χ0v) is 15.7. The number of carbonyl (C=O) groups is 1. The van der Waals surface area contributed by atoms with Crippen LogP contribution in [-0.2, 0) is 13.0 Å². The Hall–Kier alpha value is -1.55. The molecule has 1 N–H and O–H groups in total. The number of nitrogens with zero attached hydrogens (tertiary/aromatic N) is 2. The summed E-state index contributed by atoms with van der Waals surface area (Å²) in [6.45, 7) is 8.08. The van der Waals surface area contributed by atoms with E-state index in [4.69, 9.17) is 0 Å². The molecule has 0 saturated carbocycles. The Kier molecular flexibility index (Phi) is 6.74. The third-order valence-corrected chi connectivity index (χ3v) is 5.63. The van der Waals surface area contributed by atoms with Crippen molar-refractivity contribution in [3.05, 3.63) is 35.4 Å². The fourth-order valence-corrected chi connectivity index (χ4v) is 4.09. The lowest BCUT2D eigenvalue weighted by Gasteiger charge is -2.32. The molecule has 2 fully saturated rings. The Morgan fingerprint density at radius 3 is 2.28 bits per heavy atom. The van der Waals surface area contributed by atoms with Crippen molar-refractivity contribution in [1.82, 2.24) is 15.1 Å². The molecule has 0 atom stereocenters. The van der Waals surface area contributed by atoms with Crippen LogP contribution in [0.2, 0.25) is 0 Å². The highest BCUT2D eigenvalue weighted by Crippen LogP contribution is 2.22. The number of benzene rings is 1. The van der Waals surface area contributed by atoms with Crippen LogP contribution in [-0.4, -0.2) is 48.6 Å².